The average Bonchev–Trinajstić information content (AvgIpc) is 3.30. The Labute approximate surface area is 155 Å². The van der Waals surface area contributed by atoms with E-state index in [1.807, 2.05) is 48.5 Å². The highest BCUT2D eigenvalue weighted by molar-refractivity contribution is 5.84. The molecule has 26 heavy (non-hydrogen) atoms. The molecule has 0 bridgehead atoms. The highest BCUT2D eigenvalue weighted by Gasteiger charge is 2.44. The van der Waals surface area contributed by atoms with Gasteiger partial charge in [-0.3, -0.25) is 4.79 Å². The molecular formula is C19H31N3O4. The molecule has 0 aliphatic heterocycles. The number of aryl methyl sites for hydroxylation is 2. The Hall–Kier alpha value is -2.05. The second kappa shape index (κ2) is 7.29. The molecule has 146 valence electrons. The van der Waals surface area contributed by atoms with Crippen molar-refractivity contribution >= 4 is 12.0 Å². The summed E-state index contributed by atoms with van der Waals surface area (Å²) >= 11 is 0. The molecular weight excluding hydrogens is 334 g/mol. The van der Waals surface area contributed by atoms with E-state index in [4.69, 9.17) is 9.26 Å². The molecule has 2 N–H and O–H groups in total. The van der Waals surface area contributed by atoms with Crippen LogP contribution < -0.4 is 10.6 Å². The van der Waals surface area contributed by atoms with Gasteiger partial charge >= 0.3 is 6.09 Å². The standard InChI is InChI=1S/C19H31N3O4/c1-11(15-12(2)22-26-13(15)3)16(23)21-19(7,14-8-9-14)10-20-17(24)25-18(4,5)6/h11,14H,8-10H2,1-7H3,(H,20,24)(H,21,23). The van der Waals surface area contributed by atoms with Gasteiger partial charge in [-0.05, 0) is 67.2 Å². The molecule has 1 aromatic rings. The van der Waals surface area contributed by atoms with Crippen molar-refractivity contribution in [2.75, 3.05) is 6.54 Å². The van der Waals surface area contributed by atoms with Crippen LogP contribution in [0.1, 0.15) is 70.4 Å². The summed E-state index contributed by atoms with van der Waals surface area (Å²) in [4.78, 5) is 24.8. The summed E-state index contributed by atoms with van der Waals surface area (Å²) in [6.45, 7) is 13.2. The molecule has 0 spiro atoms. The Morgan fingerprint density at radius 3 is 2.35 bits per heavy atom. The van der Waals surface area contributed by atoms with E-state index in [2.05, 4.69) is 15.8 Å². The average molecular weight is 365 g/mol. The molecule has 1 aliphatic carbocycles. The predicted octanol–water partition coefficient (Wildman–Crippen LogP) is 3.20. The van der Waals surface area contributed by atoms with Gasteiger partial charge in [0.05, 0.1) is 17.2 Å². The van der Waals surface area contributed by atoms with Crippen molar-refractivity contribution in [1.29, 1.82) is 0 Å². The van der Waals surface area contributed by atoms with Gasteiger partial charge in [0.2, 0.25) is 5.91 Å². The zero-order valence-corrected chi connectivity index (χ0v) is 16.9. The maximum Gasteiger partial charge on any atom is 0.407 e. The first-order valence-corrected chi connectivity index (χ1v) is 9.14. The third kappa shape index (κ3) is 4.99. The number of ether oxygens (including phenoxy) is 1. The van der Waals surface area contributed by atoms with E-state index in [9.17, 15) is 9.59 Å². The van der Waals surface area contributed by atoms with Crippen LogP contribution in [0.4, 0.5) is 4.79 Å². The number of hydrogen-bond donors (Lipinski definition) is 2. The summed E-state index contributed by atoms with van der Waals surface area (Å²) in [6, 6.07) is 0. The highest BCUT2D eigenvalue weighted by Crippen LogP contribution is 2.39. The van der Waals surface area contributed by atoms with Crippen LogP contribution in [0.25, 0.3) is 0 Å². The van der Waals surface area contributed by atoms with E-state index in [0.29, 0.717) is 18.2 Å². The third-order valence-electron chi connectivity index (χ3n) is 4.80. The second-order valence-electron chi connectivity index (χ2n) is 8.50. The number of carbonyl (C=O) groups excluding carboxylic acids is 2. The molecule has 2 atom stereocenters. The van der Waals surface area contributed by atoms with Gasteiger partial charge in [0, 0.05) is 12.1 Å². The van der Waals surface area contributed by atoms with Gasteiger partial charge in [0.25, 0.3) is 0 Å². The van der Waals surface area contributed by atoms with Gasteiger partial charge in [-0.15, -0.1) is 0 Å². The summed E-state index contributed by atoms with van der Waals surface area (Å²) in [7, 11) is 0. The summed E-state index contributed by atoms with van der Waals surface area (Å²) < 4.78 is 10.5. The Morgan fingerprint density at radius 1 is 1.27 bits per heavy atom. The molecule has 1 aromatic heterocycles. The number of amides is 2. The van der Waals surface area contributed by atoms with Crippen LogP contribution in [-0.4, -0.2) is 34.8 Å². The van der Waals surface area contributed by atoms with E-state index >= 15 is 0 Å². The fourth-order valence-electron chi connectivity index (χ4n) is 3.21. The number of aromatic nitrogens is 1. The number of nitrogens with one attached hydrogen (secondary N) is 2. The van der Waals surface area contributed by atoms with Crippen molar-refractivity contribution in [3.63, 3.8) is 0 Å². The predicted molar refractivity (Wildman–Crippen MR) is 97.9 cm³/mol. The van der Waals surface area contributed by atoms with E-state index < -0.39 is 17.2 Å². The van der Waals surface area contributed by atoms with Crippen LogP contribution in [0.2, 0.25) is 0 Å². The summed E-state index contributed by atoms with van der Waals surface area (Å²) in [5, 5.41) is 9.86. The molecule has 1 aliphatic rings. The molecule has 0 radical (unpaired) electrons. The van der Waals surface area contributed by atoms with Crippen molar-refractivity contribution in [2.24, 2.45) is 5.92 Å². The first-order valence-electron chi connectivity index (χ1n) is 9.14. The topological polar surface area (TPSA) is 93.5 Å². The van der Waals surface area contributed by atoms with Crippen LogP contribution >= 0.6 is 0 Å². The fourth-order valence-corrected chi connectivity index (χ4v) is 3.21. The molecule has 2 amide bonds. The van der Waals surface area contributed by atoms with Crippen LogP contribution in [0.15, 0.2) is 4.52 Å². The zero-order valence-electron chi connectivity index (χ0n) is 16.9. The minimum atomic E-state index is -0.554. The number of hydrogen-bond acceptors (Lipinski definition) is 5. The van der Waals surface area contributed by atoms with Crippen molar-refractivity contribution in [3.8, 4) is 0 Å². The van der Waals surface area contributed by atoms with E-state index in [0.717, 1.165) is 24.1 Å². The van der Waals surface area contributed by atoms with Gasteiger partial charge in [-0.2, -0.15) is 0 Å². The first-order chi connectivity index (χ1) is 11.9. The van der Waals surface area contributed by atoms with Crippen molar-refractivity contribution in [3.05, 3.63) is 17.0 Å². The number of alkyl carbamates (subject to hydrolysis) is 1. The number of carbonyl (C=O) groups is 2. The van der Waals surface area contributed by atoms with Gasteiger partial charge in [-0.1, -0.05) is 5.16 Å². The Bertz CT molecular complexity index is 653. The first kappa shape index (κ1) is 20.3. The maximum absolute atomic E-state index is 12.8. The van der Waals surface area contributed by atoms with Crippen LogP contribution in [0, 0.1) is 19.8 Å². The Morgan fingerprint density at radius 2 is 1.88 bits per heavy atom. The van der Waals surface area contributed by atoms with Crippen LogP contribution in [0.5, 0.6) is 0 Å². The fraction of sp³-hybridized carbons (Fsp3) is 0.737. The molecule has 1 heterocycles. The van der Waals surface area contributed by atoms with Crippen LogP contribution in [0.3, 0.4) is 0 Å². The maximum atomic E-state index is 12.8. The second-order valence-corrected chi connectivity index (χ2v) is 8.50. The summed E-state index contributed by atoms with van der Waals surface area (Å²) in [5.74, 6) is 0.532. The lowest BCUT2D eigenvalue weighted by Crippen LogP contribution is -2.56. The minimum Gasteiger partial charge on any atom is -0.444 e. The van der Waals surface area contributed by atoms with Crippen LogP contribution in [-0.2, 0) is 9.53 Å². The monoisotopic (exact) mass is 365 g/mol. The lowest BCUT2D eigenvalue weighted by molar-refractivity contribution is -0.124. The van der Waals surface area contributed by atoms with Crippen molar-refractivity contribution in [2.45, 2.75) is 78.4 Å². The van der Waals surface area contributed by atoms with Gasteiger partial charge in [0.15, 0.2) is 0 Å². The lowest BCUT2D eigenvalue weighted by atomic mass is 9.92. The summed E-state index contributed by atoms with van der Waals surface area (Å²) in [5.41, 5.74) is 0.480. The van der Waals surface area contributed by atoms with Gasteiger partial charge < -0.3 is 19.9 Å². The molecule has 0 aromatic carbocycles. The normalized spacial score (nSPS) is 18.0. The van der Waals surface area contributed by atoms with E-state index in [1.54, 1.807) is 0 Å². The van der Waals surface area contributed by atoms with Crippen molar-refractivity contribution < 1.29 is 18.8 Å². The lowest BCUT2D eigenvalue weighted by Gasteiger charge is -2.33. The Kier molecular flexibility index (Phi) is 5.68. The third-order valence-corrected chi connectivity index (χ3v) is 4.80. The quantitative estimate of drug-likeness (QED) is 0.807. The molecule has 7 heteroatoms. The minimum absolute atomic E-state index is 0.0974. The number of rotatable bonds is 6. The molecule has 1 saturated carbocycles. The zero-order chi connectivity index (χ0) is 19.7. The van der Waals surface area contributed by atoms with Crippen molar-refractivity contribution in [1.82, 2.24) is 15.8 Å². The smallest absolute Gasteiger partial charge is 0.407 e. The highest BCUT2D eigenvalue weighted by atomic mass is 16.6. The van der Waals surface area contributed by atoms with Gasteiger partial charge in [-0.25, -0.2) is 4.79 Å². The molecule has 2 unspecified atom stereocenters. The largest absolute Gasteiger partial charge is 0.444 e. The van der Waals surface area contributed by atoms with E-state index in [1.165, 1.54) is 0 Å². The molecule has 7 nitrogen and oxygen atoms in total. The SMILES string of the molecule is Cc1noc(C)c1C(C)C(=O)NC(C)(CNC(=O)OC(C)(C)C)C1CC1. The number of nitrogens with zero attached hydrogens (tertiary/aromatic N) is 1. The molecule has 1 fully saturated rings. The van der Waals surface area contributed by atoms with E-state index in [-0.39, 0.29) is 11.8 Å². The summed E-state index contributed by atoms with van der Waals surface area (Å²) in [6.07, 6.45) is 1.59. The molecule has 2 rings (SSSR count). The van der Waals surface area contributed by atoms with Gasteiger partial charge in [0.1, 0.15) is 11.4 Å². The Balaban J connectivity index is 2.02. The molecule has 0 saturated heterocycles.